The van der Waals surface area contributed by atoms with Crippen LogP contribution in [0, 0.1) is 11.3 Å². The molecule has 0 bridgehead atoms. The van der Waals surface area contributed by atoms with Gasteiger partial charge < -0.3 is 10.1 Å². The minimum Gasteiger partial charge on any atom is -0.462 e. The summed E-state index contributed by atoms with van der Waals surface area (Å²) in [4.78, 5) is 15.5. The van der Waals surface area contributed by atoms with Gasteiger partial charge in [-0.3, -0.25) is 4.98 Å². The monoisotopic (exact) mass is 245 g/mol. The van der Waals surface area contributed by atoms with Gasteiger partial charge in [0.15, 0.2) is 5.57 Å². The summed E-state index contributed by atoms with van der Waals surface area (Å²) >= 11 is 0. The third-order valence-corrected chi connectivity index (χ3v) is 2.22. The summed E-state index contributed by atoms with van der Waals surface area (Å²) in [5.74, 6) is -0.624. The van der Waals surface area contributed by atoms with Gasteiger partial charge in [-0.05, 0) is 26.0 Å². The van der Waals surface area contributed by atoms with Gasteiger partial charge in [-0.25, -0.2) is 4.79 Å². The molecule has 0 aromatic carbocycles. The van der Waals surface area contributed by atoms with Gasteiger partial charge in [-0.1, -0.05) is 6.07 Å². The Labute approximate surface area is 106 Å². The Balaban J connectivity index is 2.67. The fraction of sp³-hybridized carbons (Fsp3) is 0.308. The van der Waals surface area contributed by atoms with Crippen LogP contribution in [0.5, 0.6) is 0 Å². The fourth-order valence-electron chi connectivity index (χ4n) is 1.27. The van der Waals surface area contributed by atoms with Crippen LogP contribution in [-0.2, 0) is 9.53 Å². The predicted octanol–water partition coefficient (Wildman–Crippen LogP) is 1.70. The zero-order chi connectivity index (χ0) is 13.4. The molecule has 1 rings (SSSR count). The summed E-state index contributed by atoms with van der Waals surface area (Å²) in [7, 11) is 0. The van der Waals surface area contributed by atoms with Crippen molar-refractivity contribution < 1.29 is 9.53 Å². The van der Waals surface area contributed by atoms with Gasteiger partial charge in [-0.2, -0.15) is 5.26 Å². The summed E-state index contributed by atoms with van der Waals surface area (Å²) in [5, 5.41) is 11.8. The van der Waals surface area contributed by atoms with Gasteiger partial charge in [0.1, 0.15) is 6.07 Å². The second-order valence-electron chi connectivity index (χ2n) is 3.53. The van der Waals surface area contributed by atoms with Crippen LogP contribution < -0.4 is 5.32 Å². The molecule has 5 heteroatoms. The average Bonchev–Trinajstić information content (AvgIpc) is 2.40. The topological polar surface area (TPSA) is 75.0 Å². The highest BCUT2D eigenvalue weighted by atomic mass is 16.5. The lowest BCUT2D eigenvalue weighted by Crippen LogP contribution is -2.16. The van der Waals surface area contributed by atoms with E-state index in [1.54, 1.807) is 19.2 Å². The molecule has 5 nitrogen and oxygen atoms in total. The number of esters is 1. The highest BCUT2D eigenvalue weighted by Crippen LogP contribution is 2.08. The van der Waals surface area contributed by atoms with E-state index in [4.69, 9.17) is 10.00 Å². The first-order valence-corrected chi connectivity index (χ1v) is 5.63. The van der Waals surface area contributed by atoms with Crippen molar-refractivity contribution in [3.63, 3.8) is 0 Å². The van der Waals surface area contributed by atoms with Gasteiger partial charge in [0.05, 0.1) is 18.3 Å². The van der Waals surface area contributed by atoms with Crippen LogP contribution >= 0.6 is 0 Å². The van der Waals surface area contributed by atoms with Crippen LogP contribution in [-0.4, -0.2) is 17.6 Å². The SMILES string of the molecule is CCOC(=O)/C(C#N)=C/NC(C)c1ccccn1. The summed E-state index contributed by atoms with van der Waals surface area (Å²) in [6, 6.07) is 7.27. The van der Waals surface area contributed by atoms with Crippen molar-refractivity contribution in [3.05, 3.63) is 41.9 Å². The maximum atomic E-state index is 11.4. The molecular formula is C13H15N3O2. The summed E-state index contributed by atoms with van der Waals surface area (Å²) in [6.07, 6.45) is 3.05. The third kappa shape index (κ3) is 3.91. The molecule has 0 fully saturated rings. The van der Waals surface area contributed by atoms with Crippen molar-refractivity contribution >= 4 is 5.97 Å². The number of nitrogens with zero attached hydrogens (tertiary/aromatic N) is 2. The van der Waals surface area contributed by atoms with Crippen LogP contribution in [0.25, 0.3) is 0 Å². The van der Waals surface area contributed by atoms with Crippen LogP contribution in [0.1, 0.15) is 25.6 Å². The molecule has 1 aromatic heterocycles. The minimum atomic E-state index is -0.624. The molecule has 1 N–H and O–H groups in total. The molecule has 0 spiro atoms. The molecule has 94 valence electrons. The van der Waals surface area contributed by atoms with Crippen LogP contribution in [0.2, 0.25) is 0 Å². The third-order valence-electron chi connectivity index (χ3n) is 2.22. The second kappa shape index (κ2) is 7.07. The fourth-order valence-corrected chi connectivity index (χ4v) is 1.27. The highest BCUT2D eigenvalue weighted by molar-refractivity contribution is 5.92. The zero-order valence-corrected chi connectivity index (χ0v) is 10.4. The largest absolute Gasteiger partial charge is 0.462 e. The first kappa shape index (κ1) is 13.7. The number of ether oxygens (including phenoxy) is 1. The van der Waals surface area contributed by atoms with Gasteiger partial charge >= 0.3 is 5.97 Å². The predicted molar refractivity (Wildman–Crippen MR) is 66.1 cm³/mol. The lowest BCUT2D eigenvalue weighted by Gasteiger charge is -2.11. The summed E-state index contributed by atoms with van der Waals surface area (Å²) in [5.41, 5.74) is 0.773. The molecule has 1 aromatic rings. The Morgan fingerprint density at radius 3 is 3.00 bits per heavy atom. The molecule has 0 amide bonds. The van der Waals surface area contributed by atoms with Crippen molar-refractivity contribution in [2.45, 2.75) is 19.9 Å². The second-order valence-corrected chi connectivity index (χ2v) is 3.53. The standard InChI is InChI=1S/C13H15N3O2/c1-3-18-13(17)11(8-14)9-16-10(2)12-6-4-5-7-15-12/h4-7,9-10,16H,3H2,1-2H3/b11-9+. The molecule has 1 heterocycles. The summed E-state index contributed by atoms with van der Waals surface area (Å²) < 4.78 is 4.75. The van der Waals surface area contributed by atoms with Gasteiger partial charge in [0, 0.05) is 12.4 Å². The number of aromatic nitrogens is 1. The molecule has 0 saturated carbocycles. The quantitative estimate of drug-likeness (QED) is 0.485. The Hall–Kier alpha value is -2.35. The van der Waals surface area contributed by atoms with E-state index < -0.39 is 5.97 Å². The molecule has 1 atom stereocenters. The Bertz CT molecular complexity index is 463. The van der Waals surface area contributed by atoms with Crippen LogP contribution in [0.4, 0.5) is 0 Å². The number of carbonyl (C=O) groups is 1. The van der Waals surface area contributed by atoms with Crippen molar-refractivity contribution in [3.8, 4) is 6.07 Å². The molecular weight excluding hydrogens is 230 g/mol. The van der Waals surface area contributed by atoms with E-state index in [0.29, 0.717) is 0 Å². The number of nitrogens with one attached hydrogen (secondary N) is 1. The van der Waals surface area contributed by atoms with Crippen molar-refractivity contribution in [2.75, 3.05) is 6.61 Å². The Morgan fingerprint density at radius 1 is 1.67 bits per heavy atom. The lowest BCUT2D eigenvalue weighted by molar-refractivity contribution is -0.138. The first-order valence-electron chi connectivity index (χ1n) is 5.63. The lowest BCUT2D eigenvalue weighted by atomic mass is 10.2. The summed E-state index contributed by atoms with van der Waals surface area (Å²) in [6.45, 7) is 3.82. The smallest absolute Gasteiger partial charge is 0.350 e. The van der Waals surface area contributed by atoms with E-state index in [1.807, 2.05) is 25.1 Å². The van der Waals surface area contributed by atoms with Gasteiger partial charge in [-0.15, -0.1) is 0 Å². The molecule has 0 saturated heterocycles. The van der Waals surface area contributed by atoms with E-state index in [9.17, 15) is 4.79 Å². The minimum absolute atomic E-state index is 0.0559. The van der Waals surface area contributed by atoms with E-state index in [0.717, 1.165) is 5.69 Å². The Morgan fingerprint density at radius 2 is 2.44 bits per heavy atom. The van der Waals surface area contributed by atoms with Gasteiger partial charge in [0.2, 0.25) is 0 Å². The number of pyridine rings is 1. The van der Waals surface area contributed by atoms with Crippen LogP contribution in [0.15, 0.2) is 36.2 Å². The molecule has 0 radical (unpaired) electrons. The van der Waals surface area contributed by atoms with E-state index in [2.05, 4.69) is 10.3 Å². The molecule has 0 aliphatic heterocycles. The van der Waals surface area contributed by atoms with Crippen molar-refractivity contribution in [1.29, 1.82) is 5.26 Å². The average molecular weight is 245 g/mol. The maximum Gasteiger partial charge on any atom is 0.350 e. The molecule has 1 unspecified atom stereocenters. The highest BCUT2D eigenvalue weighted by Gasteiger charge is 2.10. The molecule has 0 aliphatic carbocycles. The number of carbonyl (C=O) groups excluding carboxylic acids is 1. The van der Waals surface area contributed by atoms with E-state index >= 15 is 0 Å². The zero-order valence-electron chi connectivity index (χ0n) is 10.4. The van der Waals surface area contributed by atoms with Gasteiger partial charge in [0.25, 0.3) is 0 Å². The van der Waals surface area contributed by atoms with Crippen molar-refractivity contribution in [1.82, 2.24) is 10.3 Å². The Kier molecular flexibility index (Phi) is 5.39. The number of hydrogen-bond donors (Lipinski definition) is 1. The molecule has 18 heavy (non-hydrogen) atoms. The van der Waals surface area contributed by atoms with E-state index in [-0.39, 0.29) is 18.2 Å². The number of hydrogen-bond acceptors (Lipinski definition) is 5. The normalized spacial score (nSPS) is 12.4. The van der Waals surface area contributed by atoms with E-state index in [1.165, 1.54) is 6.20 Å². The molecule has 0 aliphatic rings. The van der Waals surface area contributed by atoms with Crippen LogP contribution in [0.3, 0.4) is 0 Å². The number of rotatable bonds is 5. The number of nitriles is 1. The first-order chi connectivity index (χ1) is 8.69. The maximum absolute atomic E-state index is 11.4. The van der Waals surface area contributed by atoms with Crippen molar-refractivity contribution in [2.24, 2.45) is 0 Å².